The van der Waals surface area contributed by atoms with Gasteiger partial charge in [-0.25, -0.2) is 8.42 Å². The maximum absolute atomic E-state index is 12.8. The molecule has 1 unspecified atom stereocenters. The first-order valence-electron chi connectivity index (χ1n) is 6.45. The number of rotatable bonds is 3. The van der Waals surface area contributed by atoms with Crippen molar-refractivity contribution in [1.29, 1.82) is 0 Å². The second kappa shape index (κ2) is 6.41. The molecule has 0 spiro atoms. The zero-order chi connectivity index (χ0) is 14.9. The van der Waals surface area contributed by atoms with Crippen LogP contribution in [0.5, 0.6) is 0 Å². The molecule has 0 saturated carbocycles. The Morgan fingerprint density at radius 3 is 2.80 bits per heavy atom. The van der Waals surface area contributed by atoms with Crippen LogP contribution in [0.3, 0.4) is 0 Å². The zero-order valence-corrected chi connectivity index (χ0v) is 14.8. The fourth-order valence-corrected chi connectivity index (χ4v) is 6.64. The van der Waals surface area contributed by atoms with Crippen molar-refractivity contribution in [3.8, 4) is 0 Å². The van der Waals surface area contributed by atoms with Gasteiger partial charge in [-0.05, 0) is 48.9 Å². The SMILES string of the molecule is CC1CN(C)CCCN1S(=O)(=O)c1cc(CO)sc1Br. The summed E-state index contributed by atoms with van der Waals surface area (Å²) in [6.07, 6.45) is 0.828. The lowest BCUT2D eigenvalue weighted by Crippen LogP contribution is -2.41. The quantitative estimate of drug-likeness (QED) is 0.864. The van der Waals surface area contributed by atoms with E-state index in [4.69, 9.17) is 5.11 Å². The molecule has 0 aliphatic carbocycles. The highest BCUT2D eigenvalue weighted by Gasteiger charge is 2.33. The van der Waals surface area contributed by atoms with Crippen LogP contribution in [0.25, 0.3) is 0 Å². The maximum Gasteiger partial charge on any atom is 0.245 e. The molecule has 1 aliphatic heterocycles. The third-order valence-corrected chi connectivity index (χ3v) is 7.69. The Morgan fingerprint density at radius 2 is 2.20 bits per heavy atom. The third-order valence-electron chi connectivity index (χ3n) is 3.43. The monoisotopic (exact) mass is 382 g/mol. The molecule has 114 valence electrons. The van der Waals surface area contributed by atoms with Crippen LogP contribution in [0.15, 0.2) is 14.7 Å². The lowest BCUT2D eigenvalue weighted by Gasteiger charge is -2.26. The molecule has 1 N–H and O–H groups in total. The Hall–Kier alpha value is 0.01000. The van der Waals surface area contributed by atoms with Crippen molar-refractivity contribution in [3.63, 3.8) is 0 Å². The van der Waals surface area contributed by atoms with Crippen molar-refractivity contribution >= 4 is 37.3 Å². The van der Waals surface area contributed by atoms with E-state index in [0.717, 1.165) is 19.5 Å². The molecule has 1 aromatic heterocycles. The van der Waals surface area contributed by atoms with E-state index in [9.17, 15) is 8.42 Å². The van der Waals surface area contributed by atoms with Crippen molar-refractivity contribution in [2.75, 3.05) is 26.7 Å². The summed E-state index contributed by atoms with van der Waals surface area (Å²) in [6, 6.07) is 1.50. The van der Waals surface area contributed by atoms with E-state index in [-0.39, 0.29) is 17.5 Å². The minimum atomic E-state index is -3.52. The Balaban J connectivity index is 2.35. The summed E-state index contributed by atoms with van der Waals surface area (Å²) in [4.78, 5) is 3.07. The van der Waals surface area contributed by atoms with Gasteiger partial charge in [0.15, 0.2) is 0 Å². The summed E-state index contributed by atoms with van der Waals surface area (Å²) in [5, 5.41) is 9.16. The van der Waals surface area contributed by atoms with Crippen LogP contribution in [-0.4, -0.2) is 55.5 Å². The van der Waals surface area contributed by atoms with Crippen molar-refractivity contribution in [2.45, 2.75) is 30.9 Å². The lowest BCUT2D eigenvalue weighted by molar-refractivity contribution is 0.285. The molecular formula is C12H19BrN2O3S2. The molecule has 20 heavy (non-hydrogen) atoms. The van der Waals surface area contributed by atoms with Crippen molar-refractivity contribution in [1.82, 2.24) is 9.21 Å². The molecule has 1 saturated heterocycles. The fraction of sp³-hybridized carbons (Fsp3) is 0.667. The van der Waals surface area contributed by atoms with E-state index in [2.05, 4.69) is 20.8 Å². The number of sulfonamides is 1. The molecule has 2 rings (SSSR count). The lowest BCUT2D eigenvalue weighted by atomic mass is 10.3. The van der Waals surface area contributed by atoms with Gasteiger partial charge in [0.2, 0.25) is 10.0 Å². The Labute approximate surface area is 132 Å². The van der Waals surface area contributed by atoms with E-state index < -0.39 is 10.0 Å². The molecule has 1 atom stereocenters. The topological polar surface area (TPSA) is 60.9 Å². The highest BCUT2D eigenvalue weighted by molar-refractivity contribution is 9.11. The molecule has 5 nitrogen and oxygen atoms in total. The Bertz CT molecular complexity index is 573. The first-order valence-corrected chi connectivity index (χ1v) is 9.50. The van der Waals surface area contributed by atoms with E-state index in [0.29, 0.717) is 15.2 Å². The average molecular weight is 383 g/mol. The van der Waals surface area contributed by atoms with Gasteiger partial charge in [0.25, 0.3) is 0 Å². The summed E-state index contributed by atoms with van der Waals surface area (Å²) in [5.41, 5.74) is 0. The number of aliphatic hydroxyl groups excluding tert-OH is 1. The van der Waals surface area contributed by atoms with E-state index in [1.54, 1.807) is 10.4 Å². The van der Waals surface area contributed by atoms with Crippen LogP contribution in [0.1, 0.15) is 18.2 Å². The highest BCUT2D eigenvalue weighted by atomic mass is 79.9. The van der Waals surface area contributed by atoms with E-state index in [1.807, 2.05) is 14.0 Å². The average Bonchev–Trinajstić information content (AvgIpc) is 2.67. The summed E-state index contributed by atoms with van der Waals surface area (Å²) in [6.45, 7) is 3.96. The molecule has 2 heterocycles. The van der Waals surface area contributed by atoms with Gasteiger partial charge in [-0.2, -0.15) is 4.31 Å². The summed E-state index contributed by atoms with van der Waals surface area (Å²) in [7, 11) is -1.51. The van der Waals surface area contributed by atoms with Gasteiger partial charge in [-0.3, -0.25) is 0 Å². The molecule has 8 heteroatoms. The number of thiophene rings is 1. The molecular weight excluding hydrogens is 364 g/mol. The smallest absolute Gasteiger partial charge is 0.245 e. The van der Waals surface area contributed by atoms with Crippen LogP contribution in [-0.2, 0) is 16.6 Å². The minimum Gasteiger partial charge on any atom is -0.391 e. The second-order valence-corrected chi connectivity index (χ2v) is 9.40. The largest absolute Gasteiger partial charge is 0.391 e. The molecule has 1 aliphatic rings. The summed E-state index contributed by atoms with van der Waals surface area (Å²) < 4.78 is 27.8. The first kappa shape index (κ1) is 16.4. The fourth-order valence-electron chi connectivity index (χ4n) is 2.49. The van der Waals surface area contributed by atoms with Gasteiger partial charge < -0.3 is 10.0 Å². The van der Waals surface area contributed by atoms with Crippen LogP contribution < -0.4 is 0 Å². The van der Waals surface area contributed by atoms with Gasteiger partial charge in [0, 0.05) is 24.0 Å². The van der Waals surface area contributed by atoms with Gasteiger partial charge in [0.05, 0.1) is 10.4 Å². The maximum atomic E-state index is 12.8. The normalized spacial score (nSPS) is 22.9. The predicted octanol–water partition coefficient (Wildman–Crippen LogP) is 1.72. The van der Waals surface area contributed by atoms with Gasteiger partial charge in [-0.15, -0.1) is 11.3 Å². The third kappa shape index (κ3) is 3.26. The summed E-state index contributed by atoms with van der Waals surface area (Å²) >= 11 is 4.57. The molecule has 0 bridgehead atoms. The number of hydrogen-bond donors (Lipinski definition) is 1. The number of halogens is 1. The van der Waals surface area contributed by atoms with Crippen LogP contribution in [0.2, 0.25) is 0 Å². The van der Waals surface area contributed by atoms with Crippen LogP contribution >= 0.6 is 27.3 Å². The number of likely N-dealkylation sites (N-methyl/N-ethyl adjacent to an activating group) is 1. The Kier molecular flexibility index (Phi) is 5.25. The molecule has 0 amide bonds. The van der Waals surface area contributed by atoms with Crippen molar-refractivity contribution in [2.24, 2.45) is 0 Å². The minimum absolute atomic E-state index is 0.0584. The van der Waals surface area contributed by atoms with Crippen molar-refractivity contribution in [3.05, 3.63) is 14.7 Å². The first-order chi connectivity index (χ1) is 9.36. The van der Waals surface area contributed by atoms with Gasteiger partial charge >= 0.3 is 0 Å². The number of nitrogens with zero attached hydrogens (tertiary/aromatic N) is 2. The molecule has 1 aromatic rings. The number of aliphatic hydroxyl groups is 1. The standard InChI is InChI=1S/C12H19BrN2O3S2/c1-9-7-14(2)4-3-5-15(9)20(17,18)11-6-10(8-16)19-12(11)13/h6,9,16H,3-5,7-8H2,1-2H3. The van der Waals surface area contributed by atoms with Gasteiger partial charge in [-0.1, -0.05) is 0 Å². The molecule has 0 radical (unpaired) electrons. The van der Waals surface area contributed by atoms with Crippen LogP contribution in [0, 0.1) is 0 Å². The van der Waals surface area contributed by atoms with E-state index >= 15 is 0 Å². The molecule has 1 fully saturated rings. The van der Waals surface area contributed by atoms with Crippen LogP contribution in [0.4, 0.5) is 0 Å². The number of hydrogen-bond acceptors (Lipinski definition) is 5. The molecule has 0 aromatic carbocycles. The van der Waals surface area contributed by atoms with Gasteiger partial charge in [0.1, 0.15) is 4.90 Å². The van der Waals surface area contributed by atoms with E-state index in [1.165, 1.54) is 11.3 Å². The van der Waals surface area contributed by atoms with Crippen molar-refractivity contribution < 1.29 is 13.5 Å². The zero-order valence-electron chi connectivity index (χ0n) is 11.5. The predicted molar refractivity (Wildman–Crippen MR) is 83.4 cm³/mol. The highest BCUT2D eigenvalue weighted by Crippen LogP contribution is 2.34. The second-order valence-electron chi connectivity index (χ2n) is 5.09. The Morgan fingerprint density at radius 1 is 1.50 bits per heavy atom. The summed E-state index contributed by atoms with van der Waals surface area (Å²) in [5.74, 6) is 0.